The highest BCUT2D eigenvalue weighted by atomic mass is 16.5. The molecule has 0 saturated carbocycles. The van der Waals surface area contributed by atoms with Gasteiger partial charge in [-0.2, -0.15) is 0 Å². The Kier molecular flexibility index (Phi) is 8.02. The number of hydrogen-bond donors (Lipinski definition) is 3. The Labute approximate surface area is 191 Å². The molecule has 3 aromatic rings. The van der Waals surface area contributed by atoms with E-state index in [1.807, 2.05) is 6.92 Å². The maximum Gasteiger partial charge on any atom is 0.337 e. The number of anilines is 3. The summed E-state index contributed by atoms with van der Waals surface area (Å²) in [7, 11) is 1.31. The number of amides is 2. The third kappa shape index (κ3) is 6.83. The van der Waals surface area contributed by atoms with Crippen molar-refractivity contribution in [2.45, 2.75) is 6.92 Å². The fraction of sp³-hybridized carbons (Fsp3) is 0.160. The summed E-state index contributed by atoms with van der Waals surface area (Å²) >= 11 is 0. The number of esters is 1. The van der Waals surface area contributed by atoms with Gasteiger partial charge in [-0.1, -0.05) is 6.07 Å². The van der Waals surface area contributed by atoms with Crippen LogP contribution in [0, 0.1) is 0 Å². The van der Waals surface area contributed by atoms with Gasteiger partial charge in [-0.05, 0) is 73.7 Å². The highest BCUT2D eigenvalue weighted by molar-refractivity contribution is 6.04. The first-order chi connectivity index (χ1) is 16.0. The van der Waals surface area contributed by atoms with Gasteiger partial charge in [0, 0.05) is 22.6 Å². The Balaban J connectivity index is 1.51. The van der Waals surface area contributed by atoms with E-state index in [4.69, 9.17) is 4.74 Å². The number of hydrogen-bond acceptors (Lipinski definition) is 6. The van der Waals surface area contributed by atoms with E-state index in [-0.39, 0.29) is 18.4 Å². The van der Waals surface area contributed by atoms with Gasteiger partial charge in [-0.3, -0.25) is 9.59 Å². The maximum absolute atomic E-state index is 12.4. The van der Waals surface area contributed by atoms with Crippen LogP contribution < -0.4 is 20.7 Å². The van der Waals surface area contributed by atoms with Crippen molar-refractivity contribution in [3.05, 3.63) is 83.9 Å². The molecule has 0 fully saturated rings. The number of ether oxygens (including phenoxy) is 2. The maximum atomic E-state index is 12.4. The topological polar surface area (TPSA) is 106 Å². The summed E-state index contributed by atoms with van der Waals surface area (Å²) in [4.78, 5) is 36.3. The summed E-state index contributed by atoms with van der Waals surface area (Å²) < 4.78 is 10.1. The molecule has 0 aliphatic carbocycles. The van der Waals surface area contributed by atoms with Crippen LogP contribution in [0.15, 0.2) is 72.8 Å². The Morgan fingerprint density at radius 3 is 2.12 bits per heavy atom. The Hall–Kier alpha value is -4.33. The van der Waals surface area contributed by atoms with Crippen LogP contribution in [0.2, 0.25) is 0 Å². The number of benzene rings is 3. The molecule has 2 amide bonds. The first-order valence-electron chi connectivity index (χ1n) is 10.3. The molecule has 0 radical (unpaired) electrons. The van der Waals surface area contributed by atoms with Crippen LogP contribution in [0.4, 0.5) is 17.1 Å². The van der Waals surface area contributed by atoms with Crippen molar-refractivity contribution < 1.29 is 23.9 Å². The molecule has 3 N–H and O–H groups in total. The molecule has 0 unspecified atom stereocenters. The van der Waals surface area contributed by atoms with E-state index < -0.39 is 5.97 Å². The molecular formula is C25H25N3O5. The molecule has 0 atom stereocenters. The number of methoxy groups -OCH3 is 1. The zero-order valence-electron chi connectivity index (χ0n) is 18.4. The number of carbonyl (C=O) groups excluding carboxylic acids is 3. The van der Waals surface area contributed by atoms with Gasteiger partial charge in [-0.15, -0.1) is 0 Å². The molecule has 0 spiro atoms. The van der Waals surface area contributed by atoms with E-state index >= 15 is 0 Å². The SMILES string of the molecule is CCOc1ccc(NC(=O)c2ccc(NC(=O)CNc3cccc(C(=O)OC)c3)cc2)cc1. The van der Waals surface area contributed by atoms with Gasteiger partial charge in [0.05, 0.1) is 25.8 Å². The van der Waals surface area contributed by atoms with Crippen molar-refractivity contribution in [3.63, 3.8) is 0 Å². The van der Waals surface area contributed by atoms with Crippen LogP contribution >= 0.6 is 0 Å². The average Bonchev–Trinajstić information content (AvgIpc) is 2.84. The minimum atomic E-state index is -0.449. The predicted molar refractivity (Wildman–Crippen MR) is 127 cm³/mol. The lowest BCUT2D eigenvalue weighted by Crippen LogP contribution is -2.22. The fourth-order valence-electron chi connectivity index (χ4n) is 2.97. The van der Waals surface area contributed by atoms with Gasteiger partial charge in [0.25, 0.3) is 5.91 Å². The third-order valence-electron chi connectivity index (χ3n) is 4.59. The van der Waals surface area contributed by atoms with Crippen LogP contribution in [0.1, 0.15) is 27.6 Å². The van der Waals surface area contributed by atoms with Crippen LogP contribution in [0.5, 0.6) is 5.75 Å². The zero-order chi connectivity index (χ0) is 23.6. The summed E-state index contributed by atoms with van der Waals surface area (Å²) in [5.41, 5.74) is 2.68. The lowest BCUT2D eigenvalue weighted by atomic mass is 10.2. The second-order valence-electron chi connectivity index (χ2n) is 6.96. The van der Waals surface area contributed by atoms with E-state index in [1.54, 1.807) is 72.8 Å². The number of carbonyl (C=O) groups is 3. The van der Waals surface area contributed by atoms with Crippen molar-refractivity contribution in [2.75, 3.05) is 36.2 Å². The van der Waals surface area contributed by atoms with Crippen molar-refractivity contribution in [2.24, 2.45) is 0 Å². The molecule has 0 saturated heterocycles. The van der Waals surface area contributed by atoms with Gasteiger partial charge in [0.15, 0.2) is 0 Å². The van der Waals surface area contributed by atoms with Crippen molar-refractivity contribution in [1.82, 2.24) is 0 Å². The molecule has 33 heavy (non-hydrogen) atoms. The van der Waals surface area contributed by atoms with Gasteiger partial charge >= 0.3 is 5.97 Å². The van der Waals surface area contributed by atoms with Crippen molar-refractivity contribution in [1.29, 1.82) is 0 Å². The summed E-state index contributed by atoms with van der Waals surface area (Å²) in [6.45, 7) is 2.49. The first kappa shape index (κ1) is 23.3. The molecule has 170 valence electrons. The molecule has 0 bridgehead atoms. The van der Waals surface area contributed by atoms with Crippen LogP contribution in [0.3, 0.4) is 0 Å². The molecule has 0 aromatic heterocycles. The minimum absolute atomic E-state index is 0.00457. The fourth-order valence-corrected chi connectivity index (χ4v) is 2.97. The average molecular weight is 447 g/mol. The first-order valence-corrected chi connectivity index (χ1v) is 10.3. The number of nitrogens with one attached hydrogen (secondary N) is 3. The van der Waals surface area contributed by atoms with Gasteiger partial charge in [0.1, 0.15) is 5.75 Å². The highest BCUT2D eigenvalue weighted by Gasteiger charge is 2.09. The van der Waals surface area contributed by atoms with Gasteiger partial charge < -0.3 is 25.4 Å². The Morgan fingerprint density at radius 1 is 0.788 bits per heavy atom. The van der Waals surface area contributed by atoms with E-state index in [0.29, 0.717) is 34.8 Å². The smallest absolute Gasteiger partial charge is 0.337 e. The molecule has 0 heterocycles. The molecule has 0 aliphatic rings. The normalized spacial score (nSPS) is 10.1. The Bertz CT molecular complexity index is 1110. The molecule has 8 nitrogen and oxygen atoms in total. The van der Waals surface area contributed by atoms with Crippen molar-refractivity contribution >= 4 is 34.8 Å². The van der Waals surface area contributed by atoms with E-state index in [0.717, 1.165) is 5.75 Å². The van der Waals surface area contributed by atoms with Crippen molar-refractivity contribution in [3.8, 4) is 5.75 Å². The van der Waals surface area contributed by atoms with Crippen LogP contribution in [0.25, 0.3) is 0 Å². The second-order valence-corrected chi connectivity index (χ2v) is 6.96. The lowest BCUT2D eigenvalue weighted by Gasteiger charge is -2.10. The highest BCUT2D eigenvalue weighted by Crippen LogP contribution is 2.17. The zero-order valence-corrected chi connectivity index (χ0v) is 18.4. The van der Waals surface area contributed by atoms with Crippen LogP contribution in [-0.4, -0.2) is 38.0 Å². The van der Waals surface area contributed by atoms with Crippen LogP contribution in [-0.2, 0) is 9.53 Å². The lowest BCUT2D eigenvalue weighted by molar-refractivity contribution is -0.114. The number of rotatable bonds is 9. The largest absolute Gasteiger partial charge is 0.494 e. The standard InChI is InChI=1S/C25H25N3O5/c1-3-33-22-13-11-20(12-14-22)28-24(30)17-7-9-19(10-8-17)27-23(29)16-26-21-6-4-5-18(15-21)25(31)32-2/h4-15,26H,3,16H2,1-2H3,(H,27,29)(H,28,30). The molecule has 3 rings (SSSR count). The molecule has 3 aromatic carbocycles. The summed E-state index contributed by atoms with van der Waals surface area (Å²) in [6.07, 6.45) is 0. The molecular weight excluding hydrogens is 422 g/mol. The van der Waals surface area contributed by atoms with E-state index in [1.165, 1.54) is 7.11 Å². The minimum Gasteiger partial charge on any atom is -0.494 e. The summed E-state index contributed by atoms with van der Waals surface area (Å²) in [6, 6.07) is 20.4. The molecule has 0 aliphatic heterocycles. The van der Waals surface area contributed by atoms with E-state index in [9.17, 15) is 14.4 Å². The monoisotopic (exact) mass is 447 g/mol. The van der Waals surface area contributed by atoms with Gasteiger partial charge in [-0.25, -0.2) is 4.79 Å². The Morgan fingerprint density at radius 2 is 1.45 bits per heavy atom. The molecule has 8 heteroatoms. The summed E-state index contributed by atoms with van der Waals surface area (Å²) in [5, 5.41) is 8.53. The third-order valence-corrected chi connectivity index (χ3v) is 4.59. The van der Waals surface area contributed by atoms with Gasteiger partial charge in [0.2, 0.25) is 5.91 Å². The predicted octanol–water partition coefficient (Wildman–Crippen LogP) is 4.17. The van der Waals surface area contributed by atoms with E-state index in [2.05, 4.69) is 20.7 Å². The quantitative estimate of drug-likeness (QED) is 0.425. The second kappa shape index (κ2) is 11.3. The summed E-state index contributed by atoms with van der Waals surface area (Å²) in [5.74, 6) is -0.245.